The van der Waals surface area contributed by atoms with Gasteiger partial charge in [-0.05, 0) is 12.8 Å². The molecule has 1 aromatic rings. The Balaban J connectivity index is 1.66. The molecule has 2 aliphatic heterocycles. The standard InChI is InChI=1S/C15H17N3O7/c1-22-14(21)25-8-24-12-9(19)2-5-17-11(12)13(20)18-10(16-17)6-23-7-15(18)3-4-15/h2,5,10,16H,3-4,6-8H2,1H3. The van der Waals surface area contributed by atoms with Gasteiger partial charge in [-0.1, -0.05) is 0 Å². The summed E-state index contributed by atoms with van der Waals surface area (Å²) in [6, 6.07) is 1.27. The van der Waals surface area contributed by atoms with E-state index in [0.717, 1.165) is 20.0 Å². The zero-order valence-electron chi connectivity index (χ0n) is 13.5. The van der Waals surface area contributed by atoms with Gasteiger partial charge >= 0.3 is 6.16 Å². The molecular formula is C15H17N3O7. The number of methoxy groups -OCH3 is 1. The quantitative estimate of drug-likeness (QED) is 0.592. The van der Waals surface area contributed by atoms with Crippen molar-refractivity contribution in [1.29, 1.82) is 0 Å². The van der Waals surface area contributed by atoms with Crippen LogP contribution in [0.3, 0.4) is 0 Å². The van der Waals surface area contributed by atoms with Crippen LogP contribution in [0.2, 0.25) is 0 Å². The summed E-state index contributed by atoms with van der Waals surface area (Å²) in [6.45, 7) is 0.306. The number of hydrogen-bond donors (Lipinski definition) is 1. The van der Waals surface area contributed by atoms with Crippen molar-refractivity contribution in [2.75, 3.05) is 32.5 Å². The number of hydrogen-bond acceptors (Lipinski definition) is 8. The lowest BCUT2D eigenvalue weighted by molar-refractivity contribution is -0.0468. The smallest absolute Gasteiger partial charge is 0.451 e. The third kappa shape index (κ3) is 2.49. The van der Waals surface area contributed by atoms with Gasteiger partial charge in [0.2, 0.25) is 18.0 Å². The van der Waals surface area contributed by atoms with Crippen LogP contribution in [0, 0.1) is 0 Å². The van der Waals surface area contributed by atoms with Gasteiger partial charge in [-0.25, -0.2) is 4.79 Å². The summed E-state index contributed by atoms with van der Waals surface area (Å²) >= 11 is 0. The van der Waals surface area contributed by atoms with E-state index >= 15 is 0 Å². The SMILES string of the molecule is COC(=O)OCOc1c2n(ccc1=O)NC1COCC3(CC3)N1C2=O. The number of rotatable bonds is 3. The van der Waals surface area contributed by atoms with E-state index in [0.29, 0.717) is 13.2 Å². The van der Waals surface area contributed by atoms with Crippen LogP contribution < -0.4 is 15.6 Å². The molecule has 25 heavy (non-hydrogen) atoms. The number of carbonyl (C=O) groups excluding carboxylic acids is 2. The minimum atomic E-state index is -0.945. The van der Waals surface area contributed by atoms with Gasteiger partial charge in [-0.15, -0.1) is 0 Å². The largest absolute Gasteiger partial charge is 0.510 e. The first kappa shape index (κ1) is 15.8. The van der Waals surface area contributed by atoms with Gasteiger partial charge < -0.3 is 29.3 Å². The van der Waals surface area contributed by atoms with E-state index in [9.17, 15) is 14.4 Å². The molecule has 0 radical (unpaired) electrons. The fourth-order valence-electron chi connectivity index (χ4n) is 3.25. The number of morpholine rings is 1. The molecule has 3 heterocycles. The van der Waals surface area contributed by atoms with Gasteiger partial charge in [0.25, 0.3) is 5.91 Å². The van der Waals surface area contributed by atoms with E-state index in [1.807, 2.05) is 0 Å². The Labute approximate surface area is 142 Å². The van der Waals surface area contributed by atoms with Gasteiger partial charge in [0, 0.05) is 12.3 Å². The molecule has 1 saturated heterocycles. The fraction of sp³-hybridized carbons (Fsp3) is 0.533. The van der Waals surface area contributed by atoms with E-state index < -0.39 is 18.4 Å². The van der Waals surface area contributed by atoms with Crippen LogP contribution in [0.25, 0.3) is 0 Å². The topological polar surface area (TPSA) is 108 Å². The van der Waals surface area contributed by atoms with Crippen molar-refractivity contribution in [2.24, 2.45) is 0 Å². The Morgan fingerprint density at radius 1 is 1.44 bits per heavy atom. The number of amides is 1. The van der Waals surface area contributed by atoms with Crippen LogP contribution in [-0.4, -0.2) is 60.5 Å². The van der Waals surface area contributed by atoms with Crippen molar-refractivity contribution in [3.05, 3.63) is 28.2 Å². The second-order valence-corrected chi connectivity index (χ2v) is 6.15. The lowest BCUT2D eigenvalue weighted by atomic mass is 10.1. The zero-order chi connectivity index (χ0) is 17.6. The molecule has 0 aromatic carbocycles. The lowest BCUT2D eigenvalue weighted by Gasteiger charge is -2.46. The molecule has 4 rings (SSSR count). The molecule has 134 valence electrons. The van der Waals surface area contributed by atoms with Crippen molar-refractivity contribution in [2.45, 2.75) is 24.5 Å². The van der Waals surface area contributed by atoms with E-state index in [1.165, 1.54) is 16.9 Å². The second-order valence-electron chi connectivity index (χ2n) is 6.15. The van der Waals surface area contributed by atoms with Crippen molar-refractivity contribution < 1.29 is 28.5 Å². The molecule has 1 aliphatic carbocycles. The van der Waals surface area contributed by atoms with Crippen molar-refractivity contribution >= 4 is 12.1 Å². The molecule has 1 spiro atoms. The molecule has 10 nitrogen and oxygen atoms in total. The minimum absolute atomic E-state index is 0.0744. The molecular weight excluding hydrogens is 334 g/mol. The Morgan fingerprint density at radius 3 is 2.96 bits per heavy atom. The van der Waals surface area contributed by atoms with Crippen molar-refractivity contribution in [3.63, 3.8) is 0 Å². The molecule has 1 aromatic heterocycles. The van der Waals surface area contributed by atoms with Crippen molar-refractivity contribution in [3.8, 4) is 5.75 Å². The molecule has 1 amide bonds. The van der Waals surface area contributed by atoms with Crippen LogP contribution in [-0.2, 0) is 14.2 Å². The number of fused-ring (bicyclic) bond motifs is 3. The maximum atomic E-state index is 13.1. The number of nitrogens with one attached hydrogen (secondary N) is 1. The normalized spacial score (nSPS) is 22.5. The highest BCUT2D eigenvalue weighted by Gasteiger charge is 2.57. The van der Waals surface area contributed by atoms with E-state index in [-0.39, 0.29) is 29.1 Å². The molecule has 1 atom stereocenters. The summed E-state index contributed by atoms with van der Waals surface area (Å²) in [5.74, 6) is -0.486. The highest BCUT2D eigenvalue weighted by atomic mass is 16.8. The zero-order valence-corrected chi connectivity index (χ0v) is 13.5. The molecule has 2 fully saturated rings. The van der Waals surface area contributed by atoms with Crippen LogP contribution in [0.4, 0.5) is 4.79 Å². The molecule has 1 saturated carbocycles. The molecule has 1 N–H and O–H groups in total. The van der Waals surface area contributed by atoms with Crippen molar-refractivity contribution in [1.82, 2.24) is 9.58 Å². The third-order valence-electron chi connectivity index (χ3n) is 4.61. The Hall–Kier alpha value is -2.75. The first-order chi connectivity index (χ1) is 12.1. The van der Waals surface area contributed by atoms with Crippen LogP contribution in [0.15, 0.2) is 17.1 Å². The summed E-state index contributed by atoms with van der Waals surface area (Å²) < 4.78 is 21.3. The fourth-order valence-corrected chi connectivity index (χ4v) is 3.25. The number of pyridine rings is 1. The minimum Gasteiger partial charge on any atom is -0.451 e. The third-order valence-corrected chi connectivity index (χ3v) is 4.61. The average molecular weight is 351 g/mol. The average Bonchev–Trinajstić information content (AvgIpc) is 3.36. The lowest BCUT2D eigenvalue weighted by Crippen LogP contribution is -2.64. The number of carbonyl (C=O) groups is 2. The maximum Gasteiger partial charge on any atom is 0.510 e. The maximum absolute atomic E-state index is 13.1. The molecule has 10 heteroatoms. The van der Waals surface area contributed by atoms with Crippen LogP contribution in [0.5, 0.6) is 5.75 Å². The number of nitrogens with zero attached hydrogens (tertiary/aromatic N) is 2. The highest BCUT2D eigenvalue weighted by molar-refractivity contribution is 5.97. The van der Waals surface area contributed by atoms with E-state index in [1.54, 1.807) is 4.90 Å². The summed E-state index contributed by atoms with van der Waals surface area (Å²) in [7, 11) is 1.16. The summed E-state index contributed by atoms with van der Waals surface area (Å²) in [6.07, 6.45) is 1.93. The van der Waals surface area contributed by atoms with Gasteiger partial charge in [0.05, 0.1) is 25.9 Å². The van der Waals surface area contributed by atoms with E-state index in [2.05, 4.69) is 14.9 Å². The predicted molar refractivity (Wildman–Crippen MR) is 81.8 cm³/mol. The molecule has 0 bridgehead atoms. The Bertz CT molecular complexity index is 786. The first-order valence-corrected chi connectivity index (χ1v) is 7.83. The van der Waals surface area contributed by atoms with Gasteiger partial charge in [-0.3, -0.25) is 14.3 Å². The monoisotopic (exact) mass is 351 g/mol. The summed E-state index contributed by atoms with van der Waals surface area (Å²) in [5.41, 5.74) is 2.43. The Kier molecular flexibility index (Phi) is 3.57. The number of aromatic nitrogens is 1. The summed E-state index contributed by atoms with van der Waals surface area (Å²) in [5, 5.41) is 0. The predicted octanol–water partition coefficient (Wildman–Crippen LogP) is -0.144. The van der Waals surface area contributed by atoms with Crippen LogP contribution >= 0.6 is 0 Å². The Morgan fingerprint density at radius 2 is 2.24 bits per heavy atom. The van der Waals surface area contributed by atoms with Gasteiger partial charge in [0.15, 0.2) is 5.69 Å². The van der Waals surface area contributed by atoms with Crippen LogP contribution in [0.1, 0.15) is 23.3 Å². The van der Waals surface area contributed by atoms with E-state index in [4.69, 9.17) is 9.47 Å². The van der Waals surface area contributed by atoms with Gasteiger partial charge in [0.1, 0.15) is 6.17 Å². The van der Waals surface area contributed by atoms with Gasteiger partial charge in [-0.2, -0.15) is 0 Å². The second kappa shape index (κ2) is 5.66. The highest BCUT2D eigenvalue weighted by Crippen LogP contribution is 2.46. The summed E-state index contributed by atoms with van der Waals surface area (Å²) in [4.78, 5) is 38.0. The number of ether oxygens (including phenoxy) is 4. The first-order valence-electron chi connectivity index (χ1n) is 7.83. The molecule has 3 aliphatic rings. The molecule has 1 unspecified atom stereocenters.